The molecule has 0 bridgehead atoms. The van der Waals surface area contributed by atoms with Crippen molar-refractivity contribution in [2.45, 2.75) is 39.5 Å². The number of hydrogen-bond donors (Lipinski definition) is 1. The number of aromatic nitrogens is 2. The molecule has 172 valence electrons. The van der Waals surface area contributed by atoms with Gasteiger partial charge in [-0.25, -0.2) is 13.4 Å². The van der Waals surface area contributed by atoms with E-state index in [1.165, 1.54) is 5.39 Å². The lowest BCUT2D eigenvalue weighted by atomic mass is 9.95. The average molecular weight is 470 g/mol. The first-order chi connectivity index (χ1) is 16.2. The van der Waals surface area contributed by atoms with Gasteiger partial charge in [0.15, 0.2) is 0 Å². The summed E-state index contributed by atoms with van der Waals surface area (Å²) in [7, 11) is -3.76. The standard InChI is InChI=1S/C28H27N3O2S/c1-17-18(2)20(4)28(21(5)19(17)3)34(32,33)30-24-11-13-27-26(15-24)29-16-31(27)25-12-10-22-8-6-7-9-23(22)14-25/h6-16,30H,1-5H3. The van der Waals surface area contributed by atoms with Crippen LogP contribution in [-0.4, -0.2) is 18.0 Å². The molecule has 1 aromatic heterocycles. The molecule has 0 atom stereocenters. The van der Waals surface area contributed by atoms with Gasteiger partial charge in [0.2, 0.25) is 0 Å². The van der Waals surface area contributed by atoms with Gasteiger partial charge in [-0.05, 0) is 104 Å². The molecular formula is C28H27N3O2S. The second kappa shape index (κ2) is 7.99. The van der Waals surface area contributed by atoms with Gasteiger partial charge in [0.1, 0.15) is 6.33 Å². The van der Waals surface area contributed by atoms with E-state index in [1.807, 2.05) is 57.4 Å². The maximum absolute atomic E-state index is 13.4. The second-order valence-electron chi connectivity index (χ2n) is 8.91. The van der Waals surface area contributed by atoms with E-state index in [0.29, 0.717) is 10.6 Å². The summed E-state index contributed by atoms with van der Waals surface area (Å²) in [5, 5.41) is 2.33. The zero-order valence-electron chi connectivity index (χ0n) is 20.0. The van der Waals surface area contributed by atoms with Crippen LogP contribution < -0.4 is 4.72 Å². The summed E-state index contributed by atoms with van der Waals surface area (Å²) in [6, 6.07) is 20.0. The molecule has 5 nitrogen and oxygen atoms in total. The van der Waals surface area contributed by atoms with E-state index in [0.717, 1.165) is 49.9 Å². The van der Waals surface area contributed by atoms with Crippen molar-refractivity contribution in [3.05, 3.63) is 94.8 Å². The van der Waals surface area contributed by atoms with E-state index in [4.69, 9.17) is 0 Å². The first-order valence-corrected chi connectivity index (χ1v) is 12.7. The molecule has 0 saturated heterocycles. The van der Waals surface area contributed by atoms with Crippen LogP contribution in [0.3, 0.4) is 0 Å². The summed E-state index contributed by atoms with van der Waals surface area (Å²) in [4.78, 5) is 4.90. The molecule has 5 rings (SSSR count). The minimum Gasteiger partial charge on any atom is -0.299 e. The molecule has 4 aromatic carbocycles. The highest BCUT2D eigenvalue weighted by molar-refractivity contribution is 7.92. The van der Waals surface area contributed by atoms with Gasteiger partial charge < -0.3 is 0 Å². The number of imidazole rings is 1. The lowest BCUT2D eigenvalue weighted by molar-refractivity contribution is 0.599. The summed E-state index contributed by atoms with van der Waals surface area (Å²) < 4.78 is 31.6. The van der Waals surface area contributed by atoms with Crippen LogP contribution in [0.4, 0.5) is 5.69 Å². The van der Waals surface area contributed by atoms with Crippen molar-refractivity contribution in [1.29, 1.82) is 0 Å². The van der Waals surface area contributed by atoms with Crippen LogP contribution in [0.1, 0.15) is 27.8 Å². The van der Waals surface area contributed by atoms with Gasteiger partial charge in [0.05, 0.1) is 21.6 Å². The van der Waals surface area contributed by atoms with Crippen molar-refractivity contribution in [3.63, 3.8) is 0 Å². The van der Waals surface area contributed by atoms with Gasteiger partial charge in [-0.3, -0.25) is 9.29 Å². The lowest BCUT2D eigenvalue weighted by Crippen LogP contribution is -2.17. The van der Waals surface area contributed by atoms with Crippen molar-refractivity contribution < 1.29 is 8.42 Å². The highest BCUT2D eigenvalue weighted by Crippen LogP contribution is 2.31. The molecule has 5 aromatic rings. The minimum absolute atomic E-state index is 0.356. The summed E-state index contributed by atoms with van der Waals surface area (Å²) in [6.07, 6.45) is 1.77. The predicted octanol–water partition coefficient (Wildman–Crippen LogP) is 6.52. The molecule has 0 spiro atoms. The van der Waals surface area contributed by atoms with Gasteiger partial charge in [-0.2, -0.15) is 0 Å². The predicted molar refractivity (Wildman–Crippen MR) is 140 cm³/mol. The van der Waals surface area contributed by atoms with Crippen LogP contribution >= 0.6 is 0 Å². The maximum Gasteiger partial charge on any atom is 0.262 e. The fourth-order valence-electron chi connectivity index (χ4n) is 4.68. The van der Waals surface area contributed by atoms with Crippen LogP contribution in [-0.2, 0) is 10.0 Å². The summed E-state index contributed by atoms with van der Waals surface area (Å²) in [5.74, 6) is 0. The molecule has 0 saturated carbocycles. The summed E-state index contributed by atoms with van der Waals surface area (Å²) in [6.45, 7) is 9.73. The third kappa shape index (κ3) is 3.55. The molecule has 0 aliphatic heterocycles. The topological polar surface area (TPSA) is 64.0 Å². The molecule has 34 heavy (non-hydrogen) atoms. The molecule has 0 aliphatic rings. The Labute approximate surface area is 200 Å². The van der Waals surface area contributed by atoms with Crippen molar-refractivity contribution in [3.8, 4) is 5.69 Å². The van der Waals surface area contributed by atoms with Gasteiger partial charge in [-0.15, -0.1) is 0 Å². The number of nitrogens with one attached hydrogen (secondary N) is 1. The molecule has 0 fully saturated rings. The molecule has 0 aliphatic carbocycles. The minimum atomic E-state index is -3.76. The first kappa shape index (κ1) is 22.2. The SMILES string of the molecule is Cc1c(C)c(C)c(S(=O)(=O)Nc2ccc3c(c2)ncn3-c2ccc3ccccc3c2)c(C)c1C. The lowest BCUT2D eigenvalue weighted by Gasteiger charge is -2.19. The Morgan fingerprint density at radius 2 is 1.38 bits per heavy atom. The zero-order valence-corrected chi connectivity index (χ0v) is 20.8. The van der Waals surface area contributed by atoms with E-state index in [2.05, 4.69) is 40.0 Å². The van der Waals surface area contributed by atoms with Gasteiger partial charge in [-0.1, -0.05) is 30.3 Å². The Morgan fingerprint density at radius 1 is 0.735 bits per heavy atom. The van der Waals surface area contributed by atoms with Crippen LogP contribution in [0, 0.1) is 34.6 Å². The van der Waals surface area contributed by atoms with Crippen molar-refractivity contribution in [2.24, 2.45) is 0 Å². The van der Waals surface area contributed by atoms with Crippen molar-refractivity contribution >= 4 is 37.5 Å². The third-order valence-electron chi connectivity index (χ3n) is 7.01. The fraction of sp³-hybridized carbons (Fsp3) is 0.179. The van der Waals surface area contributed by atoms with Gasteiger partial charge in [0.25, 0.3) is 10.0 Å². The van der Waals surface area contributed by atoms with Crippen molar-refractivity contribution in [1.82, 2.24) is 9.55 Å². The first-order valence-electron chi connectivity index (χ1n) is 11.2. The van der Waals surface area contributed by atoms with Gasteiger partial charge in [0, 0.05) is 5.69 Å². The van der Waals surface area contributed by atoms with Crippen LogP contribution in [0.5, 0.6) is 0 Å². The molecule has 1 N–H and O–H groups in total. The number of benzene rings is 4. The summed E-state index contributed by atoms with van der Waals surface area (Å²) >= 11 is 0. The van der Waals surface area contributed by atoms with Crippen molar-refractivity contribution in [2.75, 3.05) is 4.72 Å². The highest BCUT2D eigenvalue weighted by Gasteiger charge is 2.24. The van der Waals surface area contributed by atoms with E-state index in [-0.39, 0.29) is 0 Å². The normalized spacial score (nSPS) is 11.9. The molecule has 0 radical (unpaired) electrons. The largest absolute Gasteiger partial charge is 0.299 e. The van der Waals surface area contributed by atoms with Crippen LogP contribution in [0.15, 0.2) is 71.9 Å². The Hall–Kier alpha value is -3.64. The molecule has 0 unspecified atom stereocenters. The average Bonchev–Trinajstić information content (AvgIpc) is 3.24. The molecule has 6 heteroatoms. The highest BCUT2D eigenvalue weighted by atomic mass is 32.2. The van der Waals surface area contributed by atoms with E-state index in [9.17, 15) is 8.42 Å². The smallest absolute Gasteiger partial charge is 0.262 e. The van der Waals surface area contributed by atoms with Gasteiger partial charge >= 0.3 is 0 Å². The Bertz CT molecular complexity index is 1670. The maximum atomic E-state index is 13.4. The van der Waals surface area contributed by atoms with Crippen LogP contribution in [0.25, 0.3) is 27.5 Å². The number of sulfonamides is 1. The fourth-order valence-corrected chi connectivity index (χ4v) is 6.34. The van der Waals surface area contributed by atoms with E-state index >= 15 is 0 Å². The number of nitrogens with zero attached hydrogens (tertiary/aromatic N) is 2. The molecule has 0 amide bonds. The Morgan fingerprint density at radius 3 is 2.09 bits per heavy atom. The Kier molecular flexibility index (Phi) is 5.21. The van der Waals surface area contributed by atoms with Crippen LogP contribution in [0.2, 0.25) is 0 Å². The number of hydrogen-bond acceptors (Lipinski definition) is 3. The third-order valence-corrected chi connectivity index (χ3v) is 8.66. The second-order valence-corrected chi connectivity index (χ2v) is 10.5. The van der Waals surface area contributed by atoms with E-state index < -0.39 is 10.0 Å². The monoisotopic (exact) mass is 469 g/mol. The quantitative estimate of drug-likeness (QED) is 0.326. The number of rotatable bonds is 4. The van der Waals surface area contributed by atoms with E-state index in [1.54, 1.807) is 18.5 Å². The summed E-state index contributed by atoms with van der Waals surface area (Å²) in [5.41, 5.74) is 7.85. The number of fused-ring (bicyclic) bond motifs is 2. The number of anilines is 1. The molecular weight excluding hydrogens is 442 g/mol. The Balaban J connectivity index is 1.53. The molecule has 1 heterocycles. The zero-order chi connectivity index (χ0) is 24.2.